The fraction of sp³-hybridized carbons (Fsp3) is 0.125. The van der Waals surface area contributed by atoms with Gasteiger partial charge in [0.2, 0.25) is 0 Å². The summed E-state index contributed by atoms with van der Waals surface area (Å²) in [4.78, 5) is 17.4. The summed E-state index contributed by atoms with van der Waals surface area (Å²) in [6.45, 7) is 1.83. The smallest absolute Gasteiger partial charge is 0.293 e. The maximum absolute atomic E-state index is 12.0. The van der Waals surface area contributed by atoms with Crippen LogP contribution in [-0.4, -0.2) is 10.9 Å². The molecule has 1 amide bonds. The van der Waals surface area contributed by atoms with Crippen LogP contribution in [0.2, 0.25) is 0 Å². The van der Waals surface area contributed by atoms with Crippen molar-refractivity contribution in [3.05, 3.63) is 70.6 Å². The summed E-state index contributed by atoms with van der Waals surface area (Å²) in [5.74, 6) is 0.0629. The molecule has 0 unspecified atom stereocenters. The predicted octanol–water partition coefficient (Wildman–Crippen LogP) is 3.89. The maximum atomic E-state index is 12.0. The van der Waals surface area contributed by atoms with Crippen LogP contribution in [0.25, 0.3) is 0 Å². The lowest BCUT2D eigenvalue weighted by Gasteiger charge is -1.99. The van der Waals surface area contributed by atoms with Crippen molar-refractivity contribution in [2.75, 3.05) is 5.32 Å². The third kappa shape index (κ3) is 3.20. The first-order valence-corrected chi connectivity index (χ1v) is 7.38. The molecule has 106 valence electrons. The Morgan fingerprint density at radius 1 is 1.29 bits per heavy atom. The molecule has 21 heavy (non-hydrogen) atoms. The van der Waals surface area contributed by atoms with Gasteiger partial charge in [0.25, 0.3) is 5.91 Å². The Balaban J connectivity index is 1.68. The van der Waals surface area contributed by atoms with Gasteiger partial charge in [-0.25, -0.2) is 4.98 Å². The van der Waals surface area contributed by atoms with Gasteiger partial charge in [-0.2, -0.15) is 0 Å². The monoisotopic (exact) mass is 298 g/mol. The summed E-state index contributed by atoms with van der Waals surface area (Å²) in [6.07, 6.45) is 4.11. The van der Waals surface area contributed by atoms with Crippen molar-refractivity contribution < 1.29 is 9.21 Å². The second kappa shape index (κ2) is 5.93. The van der Waals surface area contributed by atoms with Crippen LogP contribution in [0.15, 0.2) is 53.3 Å². The third-order valence-corrected chi connectivity index (χ3v) is 3.98. The minimum absolute atomic E-state index is 0.266. The highest BCUT2D eigenvalue weighted by atomic mass is 32.1. The number of benzene rings is 1. The molecule has 0 aliphatic heterocycles. The van der Waals surface area contributed by atoms with E-state index in [4.69, 9.17) is 4.42 Å². The lowest BCUT2D eigenvalue weighted by Crippen LogP contribution is -2.11. The number of nitrogens with zero attached hydrogens (tertiary/aromatic N) is 1. The van der Waals surface area contributed by atoms with Gasteiger partial charge in [-0.1, -0.05) is 30.3 Å². The predicted molar refractivity (Wildman–Crippen MR) is 82.8 cm³/mol. The zero-order valence-corrected chi connectivity index (χ0v) is 12.3. The number of nitrogens with one attached hydrogen (secondary N) is 1. The molecule has 2 aromatic heterocycles. The van der Waals surface area contributed by atoms with Crippen LogP contribution in [0.1, 0.15) is 26.6 Å². The van der Waals surface area contributed by atoms with E-state index >= 15 is 0 Å². The van der Waals surface area contributed by atoms with Gasteiger partial charge in [-0.15, -0.1) is 11.3 Å². The maximum Gasteiger partial charge on any atom is 0.293 e. The van der Waals surface area contributed by atoms with Crippen molar-refractivity contribution in [2.24, 2.45) is 0 Å². The van der Waals surface area contributed by atoms with E-state index in [1.165, 1.54) is 23.2 Å². The first-order valence-electron chi connectivity index (χ1n) is 6.56. The molecule has 0 saturated heterocycles. The van der Waals surface area contributed by atoms with Gasteiger partial charge in [-0.3, -0.25) is 10.1 Å². The molecule has 0 atom stereocenters. The van der Waals surface area contributed by atoms with Crippen molar-refractivity contribution in [3.63, 3.8) is 0 Å². The highest BCUT2D eigenvalue weighted by Gasteiger charge is 2.14. The second-order valence-corrected chi connectivity index (χ2v) is 5.80. The Kier molecular flexibility index (Phi) is 3.83. The Hall–Kier alpha value is -2.40. The molecule has 5 heteroatoms. The van der Waals surface area contributed by atoms with Crippen LogP contribution >= 0.6 is 11.3 Å². The van der Waals surface area contributed by atoms with E-state index in [-0.39, 0.29) is 5.91 Å². The standard InChI is InChI=1S/C16H14N2O2S/c1-11-7-8-20-14(11)15(19)18-16-17-10-13(21-16)9-12-5-3-2-4-6-12/h2-8,10H,9H2,1H3,(H,17,18,19). The lowest BCUT2D eigenvalue weighted by molar-refractivity contribution is 0.0996. The molecule has 0 aliphatic rings. The minimum atomic E-state index is -0.266. The number of carbonyl (C=O) groups is 1. The number of carbonyl (C=O) groups excluding carboxylic acids is 1. The van der Waals surface area contributed by atoms with Crippen molar-refractivity contribution in [1.82, 2.24) is 4.98 Å². The number of aryl methyl sites for hydroxylation is 1. The van der Waals surface area contributed by atoms with Crippen LogP contribution in [0.4, 0.5) is 5.13 Å². The Morgan fingerprint density at radius 2 is 2.10 bits per heavy atom. The summed E-state index contributed by atoms with van der Waals surface area (Å²) in [5, 5.41) is 3.35. The van der Waals surface area contributed by atoms with Gasteiger partial charge in [0.1, 0.15) is 0 Å². The van der Waals surface area contributed by atoms with E-state index in [0.29, 0.717) is 10.9 Å². The molecule has 1 N–H and O–H groups in total. The zero-order chi connectivity index (χ0) is 14.7. The van der Waals surface area contributed by atoms with E-state index in [2.05, 4.69) is 22.4 Å². The molecule has 4 nitrogen and oxygen atoms in total. The lowest BCUT2D eigenvalue weighted by atomic mass is 10.1. The topological polar surface area (TPSA) is 55.1 Å². The average molecular weight is 298 g/mol. The first kappa shape index (κ1) is 13.6. The number of amides is 1. The van der Waals surface area contributed by atoms with E-state index in [1.807, 2.05) is 25.1 Å². The summed E-state index contributed by atoms with van der Waals surface area (Å²) >= 11 is 1.47. The average Bonchev–Trinajstić information content (AvgIpc) is 3.09. The molecule has 2 heterocycles. The number of hydrogen-bond donors (Lipinski definition) is 1. The van der Waals surface area contributed by atoms with Crippen LogP contribution in [0, 0.1) is 6.92 Å². The molecule has 0 fully saturated rings. The summed E-state index contributed by atoms with van der Waals surface area (Å²) in [5.41, 5.74) is 2.04. The molecule has 3 rings (SSSR count). The summed E-state index contributed by atoms with van der Waals surface area (Å²) < 4.78 is 5.17. The van der Waals surface area contributed by atoms with Crippen molar-refractivity contribution >= 4 is 22.4 Å². The van der Waals surface area contributed by atoms with Crippen molar-refractivity contribution in [1.29, 1.82) is 0 Å². The van der Waals surface area contributed by atoms with E-state index < -0.39 is 0 Å². The van der Waals surface area contributed by atoms with Gasteiger partial charge in [0, 0.05) is 23.1 Å². The molecule has 0 radical (unpaired) electrons. The number of hydrogen-bond acceptors (Lipinski definition) is 4. The van der Waals surface area contributed by atoms with Crippen LogP contribution in [0.3, 0.4) is 0 Å². The van der Waals surface area contributed by atoms with Gasteiger partial charge < -0.3 is 4.42 Å². The molecule has 0 saturated carbocycles. The normalized spacial score (nSPS) is 10.5. The molecule has 0 bridgehead atoms. The second-order valence-electron chi connectivity index (χ2n) is 4.68. The van der Waals surface area contributed by atoms with Crippen molar-refractivity contribution in [2.45, 2.75) is 13.3 Å². The van der Waals surface area contributed by atoms with Crippen LogP contribution in [0.5, 0.6) is 0 Å². The highest BCUT2D eigenvalue weighted by molar-refractivity contribution is 7.15. The fourth-order valence-electron chi connectivity index (χ4n) is 2.00. The van der Waals surface area contributed by atoms with Gasteiger partial charge in [0.05, 0.1) is 6.26 Å². The largest absolute Gasteiger partial charge is 0.459 e. The van der Waals surface area contributed by atoms with E-state index in [0.717, 1.165) is 16.9 Å². The third-order valence-electron chi connectivity index (χ3n) is 3.06. The molecule has 3 aromatic rings. The van der Waals surface area contributed by atoms with Gasteiger partial charge >= 0.3 is 0 Å². The molecular formula is C16H14N2O2S. The number of rotatable bonds is 4. The Morgan fingerprint density at radius 3 is 2.81 bits per heavy atom. The molecule has 1 aromatic carbocycles. The molecule has 0 spiro atoms. The summed E-state index contributed by atoms with van der Waals surface area (Å²) in [7, 11) is 0. The SMILES string of the molecule is Cc1ccoc1C(=O)Nc1ncc(Cc2ccccc2)s1. The summed E-state index contributed by atoms with van der Waals surface area (Å²) in [6, 6.07) is 11.9. The minimum Gasteiger partial charge on any atom is -0.459 e. The number of aromatic nitrogens is 1. The fourth-order valence-corrected chi connectivity index (χ4v) is 2.85. The van der Waals surface area contributed by atoms with E-state index in [1.54, 1.807) is 12.3 Å². The van der Waals surface area contributed by atoms with E-state index in [9.17, 15) is 4.79 Å². The highest BCUT2D eigenvalue weighted by Crippen LogP contribution is 2.22. The van der Waals surface area contributed by atoms with Crippen LogP contribution in [-0.2, 0) is 6.42 Å². The van der Waals surface area contributed by atoms with Gasteiger partial charge in [0.15, 0.2) is 10.9 Å². The molecular weight excluding hydrogens is 284 g/mol. The first-order chi connectivity index (χ1) is 10.2. The van der Waals surface area contributed by atoms with Gasteiger partial charge in [-0.05, 0) is 18.6 Å². The Bertz CT molecular complexity index is 746. The zero-order valence-electron chi connectivity index (χ0n) is 11.5. The number of thiazole rings is 1. The Labute approximate surface area is 126 Å². The quantitative estimate of drug-likeness (QED) is 0.795. The molecule has 0 aliphatic carbocycles. The van der Waals surface area contributed by atoms with Crippen molar-refractivity contribution in [3.8, 4) is 0 Å². The number of anilines is 1. The van der Waals surface area contributed by atoms with Crippen LogP contribution < -0.4 is 5.32 Å². The number of furan rings is 1.